The molecule has 116 valence electrons. The van der Waals surface area contributed by atoms with E-state index in [1.54, 1.807) is 0 Å². The molecule has 0 aliphatic carbocycles. The Kier molecular flexibility index (Phi) is 4.29. The monoisotopic (exact) mass is 291 g/mol. The van der Waals surface area contributed by atoms with Gasteiger partial charge in [-0.15, -0.1) is 0 Å². The topological polar surface area (TPSA) is 56.2 Å². The van der Waals surface area contributed by atoms with Crippen LogP contribution >= 0.6 is 0 Å². The lowest BCUT2D eigenvalue weighted by Crippen LogP contribution is -2.33. The van der Waals surface area contributed by atoms with Gasteiger partial charge in [-0.1, -0.05) is 0 Å². The summed E-state index contributed by atoms with van der Waals surface area (Å²) in [6.07, 6.45) is 6.42. The summed E-state index contributed by atoms with van der Waals surface area (Å²) in [5, 5.41) is 7.79. The predicted molar refractivity (Wildman–Crippen MR) is 80.0 cm³/mol. The Hall–Kier alpha value is -1.36. The molecule has 0 aromatic carbocycles. The summed E-state index contributed by atoms with van der Waals surface area (Å²) in [4.78, 5) is 11.6. The van der Waals surface area contributed by atoms with Gasteiger partial charge in [0.25, 0.3) is 0 Å². The third-order valence-electron chi connectivity index (χ3n) is 4.70. The minimum absolute atomic E-state index is 0.141. The Morgan fingerprint density at radius 2 is 2.19 bits per heavy atom. The van der Waals surface area contributed by atoms with Gasteiger partial charge in [0.05, 0.1) is 17.8 Å². The van der Waals surface area contributed by atoms with Gasteiger partial charge in [-0.25, -0.2) is 0 Å². The van der Waals surface area contributed by atoms with Gasteiger partial charge in [0.2, 0.25) is 5.91 Å². The number of hydrogen-bond donors (Lipinski definition) is 1. The molecular formula is C16H25N3O2. The second-order valence-electron chi connectivity index (χ2n) is 6.24. The van der Waals surface area contributed by atoms with E-state index in [2.05, 4.69) is 22.0 Å². The average Bonchev–Trinajstić information content (AvgIpc) is 3.05. The highest BCUT2D eigenvalue weighted by Gasteiger charge is 2.26. The first kappa shape index (κ1) is 14.6. The molecule has 2 aliphatic heterocycles. The maximum atomic E-state index is 11.6. The first-order valence-corrected chi connectivity index (χ1v) is 8.10. The second kappa shape index (κ2) is 6.18. The summed E-state index contributed by atoms with van der Waals surface area (Å²) in [5.74, 6) is 0.164. The van der Waals surface area contributed by atoms with Crippen LogP contribution in [0, 0.1) is 13.8 Å². The summed E-state index contributed by atoms with van der Waals surface area (Å²) in [7, 11) is 0. The SMILES string of the molecule is Cc1nn(CC[C@@H]2CCCO2)c(C)c1[C@@H]1CCCC(=O)N1. The highest BCUT2D eigenvalue weighted by Crippen LogP contribution is 2.29. The van der Waals surface area contributed by atoms with Crippen molar-refractivity contribution in [2.24, 2.45) is 0 Å². The van der Waals surface area contributed by atoms with Crippen molar-refractivity contribution in [2.45, 2.75) is 71.1 Å². The van der Waals surface area contributed by atoms with Gasteiger partial charge in [-0.2, -0.15) is 5.10 Å². The molecule has 0 spiro atoms. The second-order valence-corrected chi connectivity index (χ2v) is 6.24. The van der Waals surface area contributed by atoms with Crippen molar-refractivity contribution in [3.05, 3.63) is 17.0 Å². The number of aromatic nitrogens is 2. The van der Waals surface area contributed by atoms with Crippen LogP contribution in [0.2, 0.25) is 0 Å². The highest BCUT2D eigenvalue weighted by molar-refractivity contribution is 5.77. The highest BCUT2D eigenvalue weighted by atomic mass is 16.5. The Balaban J connectivity index is 1.71. The lowest BCUT2D eigenvalue weighted by Gasteiger charge is -2.24. The number of nitrogens with one attached hydrogen (secondary N) is 1. The molecule has 3 rings (SSSR count). The molecule has 3 heterocycles. The van der Waals surface area contributed by atoms with Crippen molar-refractivity contribution in [3.63, 3.8) is 0 Å². The largest absolute Gasteiger partial charge is 0.378 e. The van der Waals surface area contributed by atoms with Gasteiger partial charge in [0.15, 0.2) is 0 Å². The molecule has 2 saturated heterocycles. The van der Waals surface area contributed by atoms with Crippen LogP contribution in [0.4, 0.5) is 0 Å². The Labute approximate surface area is 126 Å². The minimum Gasteiger partial charge on any atom is -0.378 e. The standard InChI is InChI=1S/C16H25N3O2/c1-11-16(14-6-3-7-15(20)17-14)12(2)19(18-11)9-8-13-5-4-10-21-13/h13-14H,3-10H2,1-2H3,(H,17,20)/t13-,14-/m0/s1. The van der Waals surface area contributed by atoms with Crippen molar-refractivity contribution in [3.8, 4) is 0 Å². The Morgan fingerprint density at radius 1 is 1.33 bits per heavy atom. The van der Waals surface area contributed by atoms with Crippen molar-refractivity contribution >= 4 is 5.91 Å². The molecular weight excluding hydrogens is 266 g/mol. The number of aryl methyl sites for hydroxylation is 2. The molecule has 1 aromatic rings. The zero-order valence-electron chi connectivity index (χ0n) is 13.0. The van der Waals surface area contributed by atoms with E-state index in [1.807, 2.05) is 6.92 Å². The molecule has 0 bridgehead atoms. The van der Waals surface area contributed by atoms with Gasteiger partial charge >= 0.3 is 0 Å². The molecule has 1 amide bonds. The third-order valence-corrected chi connectivity index (χ3v) is 4.70. The van der Waals surface area contributed by atoms with Crippen LogP contribution < -0.4 is 5.32 Å². The van der Waals surface area contributed by atoms with Crippen LogP contribution in [-0.4, -0.2) is 28.4 Å². The van der Waals surface area contributed by atoms with E-state index in [-0.39, 0.29) is 11.9 Å². The van der Waals surface area contributed by atoms with Crippen molar-refractivity contribution < 1.29 is 9.53 Å². The number of carbonyl (C=O) groups excluding carboxylic acids is 1. The van der Waals surface area contributed by atoms with E-state index >= 15 is 0 Å². The quantitative estimate of drug-likeness (QED) is 0.927. The fraction of sp³-hybridized carbons (Fsp3) is 0.750. The first-order chi connectivity index (χ1) is 10.1. The van der Waals surface area contributed by atoms with Gasteiger partial charge in [-0.3, -0.25) is 9.48 Å². The summed E-state index contributed by atoms with van der Waals surface area (Å²) >= 11 is 0. The molecule has 1 aromatic heterocycles. The third kappa shape index (κ3) is 3.12. The van der Waals surface area contributed by atoms with Gasteiger partial charge in [0, 0.05) is 30.8 Å². The Morgan fingerprint density at radius 3 is 2.90 bits per heavy atom. The number of ether oxygens (including phenoxy) is 1. The Bertz CT molecular complexity index is 518. The van der Waals surface area contributed by atoms with Gasteiger partial charge in [-0.05, 0) is 46.0 Å². The molecule has 0 unspecified atom stereocenters. The van der Waals surface area contributed by atoms with E-state index in [0.29, 0.717) is 12.5 Å². The van der Waals surface area contributed by atoms with Gasteiger partial charge < -0.3 is 10.1 Å². The average molecular weight is 291 g/mol. The zero-order valence-corrected chi connectivity index (χ0v) is 13.0. The molecule has 0 saturated carbocycles. The zero-order chi connectivity index (χ0) is 14.8. The number of hydrogen-bond acceptors (Lipinski definition) is 3. The molecule has 0 radical (unpaired) electrons. The molecule has 21 heavy (non-hydrogen) atoms. The van der Waals surface area contributed by atoms with E-state index in [4.69, 9.17) is 4.74 Å². The minimum atomic E-state index is 0.141. The molecule has 5 heteroatoms. The predicted octanol–water partition coefficient (Wildman–Crippen LogP) is 2.41. The van der Waals surface area contributed by atoms with Crippen molar-refractivity contribution in [1.29, 1.82) is 0 Å². The number of carbonyl (C=O) groups is 1. The molecule has 2 aliphatic rings. The summed E-state index contributed by atoms with van der Waals surface area (Å²) in [6.45, 7) is 5.97. The van der Waals surface area contributed by atoms with Crippen LogP contribution in [0.1, 0.15) is 61.5 Å². The maximum absolute atomic E-state index is 11.6. The smallest absolute Gasteiger partial charge is 0.220 e. The number of piperidine rings is 1. The number of amides is 1. The van der Waals surface area contributed by atoms with Gasteiger partial charge in [0.1, 0.15) is 0 Å². The molecule has 5 nitrogen and oxygen atoms in total. The summed E-state index contributed by atoms with van der Waals surface area (Å²) < 4.78 is 7.77. The summed E-state index contributed by atoms with van der Waals surface area (Å²) in [6, 6.07) is 0.141. The summed E-state index contributed by atoms with van der Waals surface area (Å²) in [5.41, 5.74) is 3.46. The number of nitrogens with zero attached hydrogens (tertiary/aromatic N) is 2. The van der Waals surface area contributed by atoms with E-state index in [0.717, 1.165) is 38.1 Å². The lowest BCUT2D eigenvalue weighted by atomic mass is 9.96. The van der Waals surface area contributed by atoms with Crippen LogP contribution in [0.3, 0.4) is 0 Å². The molecule has 2 fully saturated rings. The van der Waals surface area contributed by atoms with Crippen molar-refractivity contribution in [1.82, 2.24) is 15.1 Å². The van der Waals surface area contributed by atoms with E-state index in [1.165, 1.54) is 24.1 Å². The van der Waals surface area contributed by atoms with Crippen LogP contribution in [0.15, 0.2) is 0 Å². The first-order valence-electron chi connectivity index (χ1n) is 8.10. The molecule has 1 N–H and O–H groups in total. The number of rotatable bonds is 4. The van der Waals surface area contributed by atoms with Crippen molar-refractivity contribution in [2.75, 3.05) is 6.61 Å². The fourth-order valence-corrected chi connectivity index (χ4v) is 3.59. The van der Waals surface area contributed by atoms with Crippen LogP contribution in [0.25, 0.3) is 0 Å². The lowest BCUT2D eigenvalue weighted by molar-refractivity contribution is -0.123. The van der Waals surface area contributed by atoms with E-state index in [9.17, 15) is 4.79 Å². The fourth-order valence-electron chi connectivity index (χ4n) is 3.59. The maximum Gasteiger partial charge on any atom is 0.220 e. The van der Waals surface area contributed by atoms with Crippen LogP contribution in [0.5, 0.6) is 0 Å². The van der Waals surface area contributed by atoms with E-state index < -0.39 is 0 Å². The molecule has 2 atom stereocenters. The normalized spacial score (nSPS) is 26.1. The van der Waals surface area contributed by atoms with Crippen LogP contribution in [-0.2, 0) is 16.1 Å².